The predicted octanol–water partition coefficient (Wildman–Crippen LogP) is 2.30. The Morgan fingerprint density at radius 3 is 3.11 bits per heavy atom. The van der Waals surface area contributed by atoms with Gasteiger partial charge in [-0.05, 0) is 19.9 Å². The Balaban J connectivity index is 2.19. The largest absolute Gasteiger partial charge is 0.465 e. The van der Waals surface area contributed by atoms with Gasteiger partial charge in [-0.25, -0.2) is 0 Å². The number of nitrogens with zero attached hydrogens (tertiary/aromatic N) is 2. The molecule has 5 heteroatoms. The van der Waals surface area contributed by atoms with E-state index in [0.717, 1.165) is 13.0 Å². The van der Waals surface area contributed by atoms with Crippen LogP contribution in [0.4, 0.5) is 0 Å². The Morgan fingerprint density at radius 1 is 1.68 bits per heavy atom. The fourth-order valence-electron chi connectivity index (χ4n) is 2.52. The summed E-state index contributed by atoms with van der Waals surface area (Å²) in [6.45, 7) is 4.96. The number of carbonyl (C=O) groups excluding carboxylic acids is 1. The molecule has 4 nitrogen and oxygen atoms in total. The molecule has 0 N–H and O–H groups in total. The molecule has 2 aliphatic rings. The van der Waals surface area contributed by atoms with E-state index >= 15 is 0 Å². The first kappa shape index (κ1) is 14.2. The Morgan fingerprint density at radius 2 is 2.47 bits per heavy atom. The van der Waals surface area contributed by atoms with Gasteiger partial charge in [0.05, 0.1) is 18.0 Å². The maximum absolute atomic E-state index is 11.9. The van der Waals surface area contributed by atoms with Crippen molar-refractivity contribution in [3.8, 4) is 6.07 Å². The van der Waals surface area contributed by atoms with Crippen molar-refractivity contribution in [2.75, 3.05) is 13.2 Å². The summed E-state index contributed by atoms with van der Waals surface area (Å²) in [5.74, 6) is -1.13. The van der Waals surface area contributed by atoms with E-state index in [2.05, 4.69) is 30.0 Å². The first-order valence-corrected chi connectivity index (χ1v) is 7.46. The molecule has 3 unspecified atom stereocenters. The van der Waals surface area contributed by atoms with Crippen molar-refractivity contribution >= 4 is 17.7 Å². The minimum atomic E-state index is -0.726. The topological polar surface area (TPSA) is 53.3 Å². The summed E-state index contributed by atoms with van der Waals surface area (Å²) in [7, 11) is 0. The molecular formula is C14H18N2O2S. The van der Waals surface area contributed by atoms with E-state index in [9.17, 15) is 10.1 Å². The molecule has 1 fully saturated rings. The van der Waals surface area contributed by atoms with Crippen LogP contribution < -0.4 is 0 Å². The standard InChI is InChI=1S/C14H18N2O2S/c1-3-16-11-7-5-6-8-12(11)19-13(16)10(9-15)14(17)18-4-2/h5-6,8,10-11,13H,3-4,7H2,1-2H3. The number of fused-ring (bicyclic) bond motifs is 1. The number of thioether (sulfide) groups is 1. The maximum Gasteiger partial charge on any atom is 0.325 e. The summed E-state index contributed by atoms with van der Waals surface area (Å²) in [6.07, 6.45) is 7.21. The number of likely N-dealkylation sites (N-methyl/N-ethyl adjacent to an activating group) is 1. The van der Waals surface area contributed by atoms with Gasteiger partial charge in [-0.1, -0.05) is 25.2 Å². The van der Waals surface area contributed by atoms with Gasteiger partial charge in [0.15, 0.2) is 5.92 Å². The quantitative estimate of drug-likeness (QED) is 0.739. The van der Waals surface area contributed by atoms with Crippen LogP contribution in [0, 0.1) is 17.2 Å². The van der Waals surface area contributed by atoms with E-state index in [1.807, 2.05) is 6.08 Å². The number of hydrogen-bond donors (Lipinski definition) is 0. The summed E-state index contributed by atoms with van der Waals surface area (Å²) in [4.78, 5) is 15.4. The number of allylic oxidation sites excluding steroid dienone is 2. The van der Waals surface area contributed by atoms with Gasteiger partial charge in [0.2, 0.25) is 0 Å². The highest BCUT2D eigenvalue weighted by Crippen LogP contribution is 2.44. The summed E-state index contributed by atoms with van der Waals surface area (Å²) >= 11 is 1.63. The SMILES string of the molecule is CCOC(=O)C(C#N)C1SC2=CC=CCC2N1CC. The predicted molar refractivity (Wildman–Crippen MR) is 75.1 cm³/mol. The van der Waals surface area contributed by atoms with Gasteiger partial charge in [0.25, 0.3) is 0 Å². The number of carbonyl (C=O) groups is 1. The molecule has 1 aliphatic heterocycles. The van der Waals surface area contributed by atoms with Crippen LogP contribution in [0.5, 0.6) is 0 Å². The van der Waals surface area contributed by atoms with E-state index in [1.54, 1.807) is 18.7 Å². The van der Waals surface area contributed by atoms with Gasteiger partial charge in [-0.15, -0.1) is 11.8 Å². The second-order valence-corrected chi connectivity index (χ2v) is 5.64. The minimum Gasteiger partial charge on any atom is -0.465 e. The molecule has 0 aromatic rings. The molecule has 0 bridgehead atoms. The van der Waals surface area contributed by atoms with Gasteiger partial charge in [-0.2, -0.15) is 5.26 Å². The third-order valence-corrected chi connectivity index (χ3v) is 4.86. The van der Waals surface area contributed by atoms with Crippen LogP contribution in [0.15, 0.2) is 23.1 Å². The number of ether oxygens (including phenoxy) is 1. The van der Waals surface area contributed by atoms with E-state index < -0.39 is 11.9 Å². The van der Waals surface area contributed by atoms with Gasteiger partial charge < -0.3 is 4.74 Å². The maximum atomic E-state index is 11.9. The minimum absolute atomic E-state index is 0.134. The van der Waals surface area contributed by atoms with Crippen LogP contribution in [0.3, 0.4) is 0 Å². The van der Waals surface area contributed by atoms with Crippen LogP contribution >= 0.6 is 11.8 Å². The highest BCUT2D eigenvalue weighted by molar-refractivity contribution is 8.04. The van der Waals surface area contributed by atoms with Crippen LogP contribution in [0.25, 0.3) is 0 Å². The Kier molecular flexibility index (Phi) is 4.67. The van der Waals surface area contributed by atoms with Crippen molar-refractivity contribution in [3.63, 3.8) is 0 Å². The smallest absolute Gasteiger partial charge is 0.325 e. The first-order valence-electron chi connectivity index (χ1n) is 6.58. The third kappa shape index (κ3) is 2.70. The fraction of sp³-hybridized carbons (Fsp3) is 0.571. The van der Waals surface area contributed by atoms with Gasteiger partial charge >= 0.3 is 5.97 Å². The van der Waals surface area contributed by atoms with Crippen molar-refractivity contribution in [3.05, 3.63) is 23.1 Å². The Bertz CT molecular complexity index is 453. The lowest BCUT2D eigenvalue weighted by molar-refractivity contribution is -0.147. The van der Waals surface area contributed by atoms with E-state index in [0.29, 0.717) is 12.6 Å². The molecule has 1 aliphatic carbocycles. The van der Waals surface area contributed by atoms with E-state index in [4.69, 9.17) is 4.74 Å². The lowest BCUT2D eigenvalue weighted by Crippen LogP contribution is -2.42. The number of hydrogen-bond acceptors (Lipinski definition) is 5. The lowest BCUT2D eigenvalue weighted by Gasteiger charge is -2.29. The van der Waals surface area contributed by atoms with E-state index in [-0.39, 0.29) is 5.37 Å². The van der Waals surface area contributed by atoms with Crippen molar-refractivity contribution < 1.29 is 9.53 Å². The molecule has 0 saturated carbocycles. The number of rotatable bonds is 4. The number of nitriles is 1. The molecule has 3 atom stereocenters. The van der Waals surface area contributed by atoms with Crippen molar-refractivity contribution in [1.29, 1.82) is 5.26 Å². The first-order chi connectivity index (χ1) is 9.22. The normalized spacial score (nSPS) is 27.3. The third-order valence-electron chi connectivity index (χ3n) is 3.40. The lowest BCUT2D eigenvalue weighted by atomic mass is 10.0. The average molecular weight is 278 g/mol. The monoisotopic (exact) mass is 278 g/mol. The molecule has 0 spiro atoms. The van der Waals surface area contributed by atoms with Crippen LogP contribution in [0.1, 0.15) is 20.3 Å². The van der Waals surface area contributed by atoms with Crippen LogP contribution in [-0.2, 0) is 9.53 Å². The second kappa shape index (κ2) is 6.27. The van der Waals surface area contributed by atoms with Crippen LogP contribution in [0.2, 0.25) is 0 Å². The zero-order chi connectivity index (χ0) is 13.8. The second-order valence-electron chi connectivity index (χ2n) is 4.45. The van der Waals surface area contributed by atoms with Gasteiger partial charge in [0.1, 0.15) is 0 Å². The van der Waals surface area contributed by atoms with Crippen molar-refractivity contribution in [2.24, 2.45) is 5.92 Å². The average Bonchev–Trinajstić information content (AvgIpc) is 2.78. The molecular weight excluding hydrogens is 260 g/mol. The molecule has 19 heavy (non-hydrogen) atoms. The van der Waals surface area contributed by atoms with Crippen molar-refractivity contribution in [2.45, 2.75) is 31.7 Å². The number of esters is 1. The fourth-order valence-corrected chi connectivity index (χ4v) is 4.09. The molecule has 1 heterocycles. The Hall–Kier alpha value is -1.25. The summed E-state index contributed by atoms with van der Waals surface area (Å²) in [5.41, 5.74) is 0. The Labute approximate surface area is 118 Å². The highest BCUT2D eigenvalue weighted by atomic mass is 32.2. The van der Waals surface area contributed by atoms with E-state index in [1.165, 1.54) is 4.91 Å². The zero-order valence-corrected chi connectivity index (χ0v) is 12.0. The molecule has 2 rings (SSSR count). The zero-order valence-electron chi connectivity index (χ0n) is 11.2. The molecule has 0 amide bonds. The summed E-state index contributed by atoms with van der Waals surface area (Å²) in [6, 6.07) is 2.43. The highest BCUT2D eigenvalue weighted by Gasteiger charge is 2.44. The molecule has 1 saturated heterocycles. The molecule has 102 valence electrons. The molecule has 0 aromatic heterocycles. The molecule has 0 aromatic carbocycles. The van der Waals surface area contributed by atoms with Gasteiger partial charge in [-0.3, -0.25) is 9.69 Å². The molecule has 0 radical (unpaired) electrons. The van der Waals surface area contributed by atoms with Gasteiger partial charge in [0, 0.05) is 10.9 Å². The summed E-state index contributed by atoms with van der Waals surface area (Å²) in [5, 5.41) is 9.17. The van der Waals surface area contributed by atoms with Crippen molar-refractivity contribution in [1.82, 2.24) is 4.90 Å². The van der Waals surface area contributed by atoms with Crippen LogP contribution in [-0.4, -0.2) is 35.4 Å². The summed E-state index contributed by atoms with van der Waals surface area (Å²) < 4.78 is 5.02.